The number of aryl methyl sites for hydroxylation is 2. The number of thioether (sulfide) groups is 1. The fraction of sp³-hybridized carbons (Fsp3) is 0.200. The van der Waals surface area contributed by atoms with E-state index in [0.29, 0.717) is 15.8 Å². The van der Waals surface area contributed by atoms with Crippen molar-refractivity contribution in [3.05, 3.63) is 51.4 Å². The quantitative estimate of drug-likeness (QED) is 0.579. The molecule has 0 saturated carbocycles. The van der Waals surface area contributed by atoms with Gasteiger partial charge in [-0.1, -0.05) is 52.4 Å². The molecule has 0 aliphatic heterocycles. The van der Waals surface area contributed by atoms with Gasteiger partial charge in [-0.2, -0.15) is 0 Å². The Bertz CT molecular complexity index is 834. The van der Waals surface area contributed by atoms with E-state index in [1.165, 1.54) is 11.3 Å². The lowest BCUT2D eigenvalue weighted by Gasteiger charge is -2.07. The van der Waals surface area contributed by atoms with Crippen LogP contribution in [0.1, 0.15) is 16.8 Å². The number of halogens is 2. The highest BCUT2D eigenvalue weighted by Crippen LogP contribution is 2.35. The summed E-state index contributed by atoms with van der Waals surface area (Å²) in [4.78, 5) is 8.54. The summed E-state index contributed by atoms with van der Waals surface area (Å²) < 4.78 is 0.844. The summed E-state index contributed by atoms with van der Waals surface area (Å²) in [6.45, 7) is 3.86. The van der Waals surface area contributed by atoms with Crippen LogP contribution in [0.4, 0.5) is 0 Å². The van der Waals surface area contributed by atoms with E-state index in [9.17, 15) is 0 Å². The molecule has 0 spiro atoms. The minimum absolute atomic E-state index is 0.646. The molecular formula is C15H12Cl2N4S2. The molecule has 3 aromatic rings. The molecule has 8 heteroatoms. The van der Waals surface area contributed by atoms with E-state index in [2.05, 4.69) is 20.2 Å². The molecule has 0 aliphatic rings. The second kappa shape index (κ2) is 7.13. The molecular weight excluding hydrogens is 371 g/mol. The minimum atomic E-state index is 0.646. The van der Waals surface area contributed by atoms with Crippen molar-refractivity contribution >= 4 is 46.3 Å². The Morgan fingerprint density at radius 2 is 1.91 bits per heavy atom. The van der Waals surface area contributed by atoms with Crippen LogP contribution in [0.25, 0.3) is 10.7 Å². The van der Waals surface area contributed by atoms with Crippen LogP contribution in [0.2, 0.25) is 10.0 Å². The fourth-order valence-corrected chi connectivity index (χ4v) is 4.37. The predicted octanol–water partition coefficient (Wildman–Crippen LogP) is 5.21. The molecule has 23 heavy (non-hydrogen) atoms. The molecule has 0 fully saturated rings. The maximum absolute atomic E-state index is 6.33. The van der Waals surface area contributed by atoms with Crippen LogP contribution in [-0.4, -0.2) is 20.2 Å². The van der Waals surface area contributed by atoms with Crippen molar-refractivity contribution in [2.24, 2.45) is 0 Å². The first kappa shape index (κ1) is 16.6. The Morgan fingerprint density at radius 3 is 2.65 bits per heavy atom. The standard InChI is InChI=1S/C15H12Cl2N4S2/c1-8-3-4-11(16)10(13(8)17)7-22-15-21-20-14(23-15)12-6-18-9(2)5-19-12/h3-6H,7H2,1-2H3. The Balaban J connectivity index is 1.75. The smallest absolute Gasteiger partial charge is 0.175 e. The molecule has 0 amide bonds. The van der Waals surface area contributed by atoms with Crippen molar-refractivity contribution in [1.29, 1.82) is 0 Å². The number of hydrogen-bond acceptors (Lipinski definition) is 6. The van der Waals surface area contributed by atoms with Gasteiger partial charge in [-0.05, 0) is 31.0 Å². The van der Waals surface area contributed by atoms with Crippen LogP contribution >= 0.6 is 46.3 Å². The van der Waals surface area contributed by atoms with Crippen LogP contribution in [-0.2, 0) is 5.75 Å². The molecule has 2 aromatic heterocycles. The first-order valence-electron chi connectivity index (χ1n) is 6.73. The van der Waals surface area contributed by atoms with Gasteiger partial charge in [0.2, 0.25) is 0 Å². The van der Waals surface area contributed by atoms with Crippen molar-refractivity contribution in [3.8, 4) is 10.7 Å². The van der Waals surface area contributed by atoms with Crippen LogP contribution in [0.15, 0.2) is 28.9 Å². The summed E-state index contributed by atoms with van der Waals surface area (Å²) in [5.41, 5.74) is 3.54. The first-order valence-corrected chi connectivity index (χ1v) is 9.29. The SMILES string of the molecule is Cc1cnc(-c2nnc(SCc3c(Cl)ccc(C)c3Cl)s2)cn1. The highest BCUT2D eigenvalue weighted by Gasteiger charge is 2.12. The highest BCUT2D eigenvalue weighted by atomic mass is 35.5. The largest absolute Gasteiger partial charge is 0.258 e. The average molecular weight is 383 g/mol. The molecule has 4 nitrogen and oxygen atoms in total. The predicted molar refractivity (Wildman–Crippen MR) is 96.4 cm³/mol. The van der Waals surface area contributed by atoms with E-state index in [0.717, 1.165) is 31.9 Å². The summed E-state index contributed by atoms with van der Waals surface area (Å²) in [5, 5.41) is 10.5. The summed E-state index contributed by atoms with van der Waals surface area (Å²) in [6, 6.07) is 3.78. The van der Waals surface area contributed by atoms with Gasteiger partial charge < -0.3 is 0 Å². The molecule has 3 rings (SSSR count). The maximum Gasteiger partial charge on any atom is 0.175 e. The zero-order valence-corrected chi connectivity index (χ0v) is 15.5. The van der Waals surface area contributed by atoms with Gasteiger partial charge >= 0.3 is 0 Å². The number of aromatic nitrogens is 4. The van der Waals surface area contributed by atoms with Gasteiger partial charge in [-0.25, -0.2) is 0 Å². The van der Waals surface area contributed by atoms with Gasteiger partial charge in [0.15, 0.2) is 9.35 Å². The second-order valence-corrected chi connectivity index (χ2v) is 7.85. The first-order chi connectivity index (χ1) is 11.0. The molecule has 0 radical (unpaired) electrons. The van der Waals surface area contributed by atoms with Crippen molar-refractivity contribution in [2.45, 2.75) is 23.9 Å². The Kier molecular flexibility index (Phi) is 5.16. The van der Waals surface area contributed by atoms with E-state index >= 15 is 0 Å². The monoisotopic (exact) mass is 382 g/mol. The number of rotatable bonds is 4. The van der Waals surface area contributed by atoms with Crippen molar-refractivity contribution < 1.29 is 0 Å². The van der Waals surface area contributed by atoms with Gasteiger partial charge in [0.05, 0.1) is 11.9 Å². The maximum atomic E-state index is 6.33. The summed E-state index contributed by atoms with van der Waals surface area (Å²) in [7, 11) is 0. The minimum Gasteiger partial charge on any atom is -0.258 e. The lowest BCUT2D eigenvalue weighted by molar-refractivity contribution is 1.00. The summed E-state index contributed by atoms with van der Waals surface area (Å²) in [5.74, 6) is 0.646. The molecule has 0 unspecified atom stereocenters. The molecule has 0 saturated heterocycles. The zero-order chi connectivity index (χ0) is 16.4. The highest BCUT2D eigenvalue weighted by molar-refractivity contribution is 8.00. The third-order valence-electron chi connectivity index (χ3n) is 3.13. The normalized spacial score (nSPS) is 11.0. The van der Waals surface area contributed by atoms with Crippen LogP contribution in [0.5, 0.6) is 0 Å². The van der Waals surface area contributed by atoms with Gasteiger partial charge in [0.25, 0.3) is 0 Å². The van der Waals surface area contributed by atoms with Crippen LogP contribution < -0.4 is 0 Å². The second-order valence-electron chi connectivity index (χ2n) is 4.86. The number of nitrogens with zero attached hydrogens (tertiary/aromatic N) is 4. The van der Waals surface area contributed by atoms with E-state index in [-0.39, 0.29) is 0 Å². The number of benzene rings is 1. The lowest BCUT2D eigenvalue weighted by atomic mass is 10.1. The van der Waals surface area contributed by atoms with Gasteiger partial charge in [0.1, 0.15) is 5.69 Å². The zero-order valence-electron chi connectivity index (χ0n) is 12.4. The molecule has 1 aromatic carbocycles. The molecule has 0 atom stereocenters. The van der Waals surface area contributed by atoms with Crippen LogP contribution in [0.3, 0.4) is 0 Å². The van der Waals surface area contributed by atoms with E-state index in [1.54, 1.807) is 24.2 Å². The van der Waals surface area contributed by atoms with Crippen molar-refractivity contribution in [1.82, 2.24) is 20.2 Å². The average Bonchev–Trinajstić information content (AvgIpc) is 3.01. The van der Waals surface area contributed by atoms with E-state index < -0.39 is 0 Å². The summed E-state index contributed by atoms with van der Waals surface area (Å²) >= 11 is 15.6. The Morgan fingerprint density at radius 1 is 1.09 bits per heavy atom. The number of hydrogen-bond donors (Lipinski definition) is 0. The molecule has 0 N–H and O–H groups in total. The summed E-state index contributed by atoms with van der Waals surface area (Å²) in [6.07, 6.45) is 3.43. The van der Waals surface area contributed by atoms with E-state index in [1.807, 2.05) is 26.0 Å². The van der Waals surface area contributed by atoms with E-state index in [4.69, 9.17) is 23.2 Å². The molecule has 0 bridgehead atoms. The molecule has 118 valence electrons. The van der Waals surface area contributed by atoms with Crippen LogP contribution in [0, 0.1) is 13.8 Å². The molecule has 0 aliphatic carbocycles. The Labute approximate surface area is 152 Å². The van der Waals surface area contributed by atoms with Crippen molar-refractivity contribution in [3.63, 3.8) is 0 Å². The lowest BCUT2D eigenvalue weighted by Crippen LogP contribution is -1.88. The molecule has 2 heterocycles. The Hall–Kier alpha value is -1.21. The van der Waals surface area contributed by atoms with Crippen molar-refractivity contribution in [2.75, 3.05) is 0 Å². The fourth-order valence-electron chi connectivity index (χ4n) is 1.86. The third kappa shape index (κ3) is 3.83. The van der Waals surface area contributed by atoms with Gasteiger partial charge in [-0.3, -0.25) is 9.97 Å². The topological polar surface area (TPSA) is 51.6 Å². The van der Waals surface area contributed by atoms with Gasteiger partial charge in [0, 0.05) is 22.0 Å². The third-order valence-corrected chi connectivity index (χ3v) is 6.11. The van der Waals surface area contributed by atoms with Gasteiger partial charge in [-0.15, -0.1) is 10.2 Å².